The summed E-state index contributed by atoms with van der Waals surface area (Å²) in [4.78, 5) is 13.2. The van der Waals surface area contributed by atoms with Crippen molar-refractivity contribution in [1.29, 1.82) is 0 Å². The number of anilines is 1. The number of phenolic OH excluding ortho intramolecular Hbond substituents is 1. The fraction of sp³-hybridized carbons (Fsp3) is 0.240. The molecule has 11 heteroatoms. The lowest BCUT2D eigenvalue weighted by Gasteiger charge is -2.24. The second kappa shape index (κ2) is 9.42. The van der Waals surface area contributed by atoms with E-state index in [0.717, 1.165) is 6.07 Å². The lowest BCUT2D eigenvalue weighted by molar-refractivity contribution is -0.0328. The van der Waals surface area contributed by atoms with Crippen LogP contribution in [0.4, 0.5) is 18.9 Å². The molecule has 1 aliphatic heterocycles. The molecule has 0 atom stereocenters. The molecule has 0 aromatic heterocycles. The summed E-state index contributed by atoms with van der Waals surface area (Å²) in [7, 11) is 0. The maximum atomic E-state index is 13.3. The van der Waals surface area contributed by atoms with Gasteiger partial charge in [-0.05, 0) is 85.6 Å². The Morgan fingerprint density at radius 1 is 1.08 bits per heavy atom. The minimum Gasteiger partial charge on any atom is -0.507 e. The molecule has 0 radical (unpaired) electrons. The van der Waals surface area contributed by atoms with Crippen molar-refractivity contribution in [2.45, 2.75) is 36.8 Å². The van der Waals surface area contributed by atoms with E-state index in [2.05, 4.69) is 5.32 Å². The number of hydrogen-bond acceptors (Lipinski definition) is 6. The smallest absolute Gasteiger partial charge is 0.446 e. The number of phenols is 1. The molecule has 1 heterocycles. The predicted octanol–water partition coefficient (Wildman–Crippen LogP) is 6.84. The fourth-order valence-corrected chi connectivity index (χ4v) is 4.73. The first-order valence-electron chi connectivity index (χ1n) is 10.6. The van der Waals surface area contributed by atoms with Gasteiger partial charge in [-0.1, -0.05) is 17.7 Å². The van der Waals surface area contributed by atoms with Gasteiger partial charge in [-0.3, -0.25) is 4.79 Å². The Kier molecular flexibility index (Phi) is 6.80. The molecule has 6 nitrogen and oxygen atoms in total. The first-order chi connectivity index (χ1) is 16.7. The minimum atomic E-state index is -4.49. The predicted molar refractivity (Wildman–Crippen MR) is 131 cm³/mol. The number of alkyl halides is 3. The molecule has 0 saturated carbocycles. The highest BCUT2D eigenvalue weighted by atomic mass is 35.5. The molecule has 190 valence electrons. The number of thioether (sulfide) groups is 1. The number of benzene rings is 3. The number of rotatable bonds is 5. The van der Waals surface area contributed by atoms with Crippen LogP contribution in [0.5, 0.6) is 17.2 Å². The Morgan fingerprint density at radius 3 is 2.42 bits per heavy atom. The standard InChI is InChI=1S/C25H21ClF3NO5S/c1-12-15(13-4-7-19-20(8-13)35-11-34-19)10-16(24(2,3)33)22(31)21(12)23(32)30-18-6-5-14(9-17(18)26)36-25(27,28)29/h4-10,31,33H,11H2,1-3H3,(H,30,32). The maximum absolute atomic E-state index is 13.3. The summed E-state index contributed by atoms with van der Waals surface area (Å²) in [6.45, 7) is 4.65. The van der Waals surface area contributed by atoms with Crippen LogP contribution >= 0.6 is 23.4 Å². The van der Waals surface area contributed by atoms with E-state index in [1.165, 1.54) is 26.0 Å². The van der Waals surface area contributed by atoms with Crippen molar-refractivity contribution in [2.24, 2.45) is 0 Å². The third kappa shape index (κ3) is 5.35. The van der Waals surface area contributed by atoms with Gasteiger partial charge in [0, 0.05) is 10.5 Å². The van der Waals surface area contributed by atoms with Crippen molar-refractivity contribution in [2.75, 3.05) is 12.1 Å². The van der Waals surface area contributed by atoms with Crippen LogP contribution in [-0.2, 0) is 5.60 Å². The molecule has 4 rings (SSSR count). The molecule has 0 fully saturated rings. The molecule has 1 aliphatic rings. The molecular weight excluding hydrogens is 519 g/mol. The van der Waals surface area contributed by atoms with Crippen molar-refractivity contribution in [3.8, 4) is 28.4 Å². The molecule has 3 aromatic rings. The highest BCUT2D eigenvalue weighted by Gasteiger charge is 2.31. The van der Waals surface area contributed by atoms with Crippen LogP contribution in [0.1, 0.15) is 35.3 Å². The number of nitrogens with one attached hydrogen (secondary N) is 1. The van der Waals surface area contributed by atoms with Gasteiger partial charge in [0.25, 0.3) is 5.91 Å². The van der Waals surface area contributed by atoms with Crippen LogP contribution in [0, 0.1) is 6.92 Å². The van der Waals surface area contributed by atoms with Crippen LogP contribution in [0.15, 0.2) is 47.4 Å². The van der Waals surface area contributed by atoms with Gasteiger partial charge >= 0.3 is 5.51 Å². The zero-order valence-corrected chi connectivity index (χ0v) is 20.9. The van der Waals surface area contributed by atoms with Gasteiger partial charge in [0.1, 0.15) is 5.75 Å². The van der Waals surface area contributed by atoms with Gasteiger partial charge in [0.15, 0.2) is 11.5 Å². The Bertz CT molecular complexity index is 1350. The summed E-state index contributed by atoms with van der Waals surface area (Å²) in [6, 6.07) is 10.3. The number of hydrogen-bond donors (Lipinski definition) is 3. The summed E-state index contributed by atoms with van der Waals surface area (Å²) in [5.74, 6) is -0.101. The Labute approximate surface area is 214 Å². The van der Waals surface area contributed by atoms with Gasteiger partial charge in [-0.2, -0.15) is 13.2 Å². The van der Waals surface area contributed by atoms with Crippen LogP contribution in [-0.4, -0.2) is 28.4 Å². The number of aliphatic hydroxyl groups is 1. The van der Waals surface area contributed by atoms with Crippen molar-refractivity contribution in [3.63, 3.8) is 0 Å². The monoisotopic (exact) mass is 539 g/mol. The van der Waals surface area contributed by atoms with E-state index in [-0.39, 0.29) is 45.3 Å². The largest absolute Gasteiger partial charge is 0.507 e. The number of ether oxygens (including phenoxy) is 2. The van der Waals surface area contributed by atoms with Gasteiger partial charge in [-0.15, -0.1) is 0 Å². The highest BCUT2D eigenvalue weighted by Crippen LogP contribution is 2.43. The molecule has 3 N–H and O–H groups in total. The average molecular weight is 540 g/mol. The van der Waals surface area contributed by atoms with Crippen LogP contribution in [0.2, 0.25) is 5.02 Å². The van der Waals surface area contributed by atoms with Crippen LogP contribution in [0.25, 0.3) is 11.1 Å². The van der Waals surface area contributed by atoms with Gasteiger partial charge < -0.3 is 25.0 Å². The second-order valence-electron chi connectivity index (χ2n) is 8.59. The topological polar surface area (TPSA) is 88.0 Å². The normalized spacial score (nSPS) is 13.1. The third-order valence-corrected chi connectivity index (χ3v) is 6.59. The first kappa shape index (κ1) is 26.0. The van der Waals surface area contributed by atoms with E-state index in [0.29, 0.717) is 28.2 Å². The van der Waals surface area contributed by atoms with E-state index in [9.17, 15) is 28.2 Å². The number of aromatic hydroxyl groups is 1. The summed E-state index contributed by atoms with van der Waals surface area (Å²) in [5.41, 5.74) is -4.34. The lowest BCUT2D eigenvalue weighted by Crippen LogP contribution is -2.20. The average Bonchev–Trinajstić information content (AvgIpc) is 3.21. The molecule has 1 amide bonds. The second-order valence-corrected chi connectivity index (χ2v) is 10.1. The zero-order chi connectivity index (χ0) is 26.4. The minimum absolute atomic E-state index is 0.0604. The first-order valence-corrected chi connectivity index (χ1v) is 11.8. The van der Waals surface area contributed by atoms with Crippen molar-refractivity contribution >= 4 is 35.0 Å². The summed E-state index contributed by atoms with van der Waals surface area (Å²) in [5, 5.41) is 24.1. The third-order valence-electron chi connectivity index (χ3n) is 5.55. The molecule has 0 spiro atoms. The van der Waals surface area contributed by atoms with Crippen molar-refractivity contribution in [3.05, 3.63) is 64.2 Å². The molecule has 0 unspecified atom stereocenters. The van der Waals surface area contributed by atoms with Gasteiger partial charge in [0.05, 0.1) is 21.9 Å². The molecule has 0 bridgehead atoms. The molecule has 36 heavy (non-hydrogen) atoms. The van der Waals surface area contributed by atoms with Crippen molar-refractivity contribution < 1.29 is 37.7 Å². The molecular formula is C25H21ClF3NO5S. The maximum Gasteiger partial charge on any atom is 0.446 e. The van der Waals surface area contributed by atoms with E-state index in [1.54, 1.807) is 31.2 Å². The number of fused-ring (bicyclic) bond motifs is 1. The van der Waals surface area contributed by atoms with E-state index in [1.807, 2.05) is 0 Å². The Balaban J connectivity index is 1.76. The van der Waals surface area contributed by atoms with E-state index in [4.69, 9.17) is 21.1 Å². The molecule has 0 aliphatic carbocycles. The Hall–Kier alpha value is -3.08. The van der Waals surface area contributed by atoms with Gasteiger partial charge in [0.2, 0.25) is 6.79 Å². The number of halogens is 4. The highest BCUT2D eigenvalue weighted by molar-refractivity contribution is 8.00. The molecule has 0 saturated heterocycles. The lowest BCUT2D eigenvalue weighted by atomic mass is 9.86. The zero-order valence-electron chi connectivity index (χ0n) is 19.3. The van der Waals surface area contributed by atoms with Gasteiger partial charge in [-0.25, -0.2) is 0 Å². The SMILES string of the molecule is Cc1c(-c2ccc3c(c2)OCO3)cc(C(C)(C)O)c(O)c1C(=O)Nc1ccc(SC(F)(F)F)cc1Cl. The molecule has 3 aromatic carbocycles. The summed E-state index contributed by atoms with van der Waals surface area (Å²) in [6.07, 6.45) is 0. The quantitative estimate of drug-likeness (QED) is 0.308. The van der Waals surface area contributed by atoms with Crippen LogP contribution < -0.4 is 14.8 Å². The van der Waals surface area contributed by atoms with Crippen LogP contribution in [0.3, 0.4) is 0 Å². The van der Waals surface area contributed by atoms with E-state index < -0.39 is 22.8 Å². The number of carbonyl (C=O) groups excluding carboxylic acids is 1. The van der Waals surface area contributed by atoms with Crippen molar-refractivity contribution in [1.82, 2.24) is 0 Å². The summed E-state index contributed by atoms with van der Waals surface area (Å²) < 4.78 is 48.8. The summed E-state index contributed by atoms with van der Waals surface area (Å²) >= 11 is 5.80. The van der Waals surface area contributed by atoms with E-state index >= 15 is 0 Å². The number of amides is 1. The number of carbonyl (C=O) groups is 1. The Morgan fingerprint density at radius 2 is 1.78 bits per heavy atom. The fourth-order valence-electron chi connectivity index (χ4n) is 3.86.